The monoisotopic (exact) mass is 262 g/mol. The summed E-state index contributed by atoms with van der Waals surface area (Å²) in [6, 6.07) is 0. The maximum absolute atomic E-state index is 12.0. The van der Waals surface area contributed by atoms with Crippen LogP contribution in [0.4, 0.5) is 8.78 Å². The Bertz CT molecular complexity index is 179. The van der Waals surface area contributed by atoms with E-state index in [9.17, 15) is 8.78 Å². The van der Waals surface area contributed by atoms with E-state index >= 15 is 0 Å². The molecule has 6 heteroatoms. The Morgan fingerprint density at radius 3 is 2.13 bits per heavy atom. The maximum atomic E-state index is 12.0. The first-order valence-corrected chi connectivity index (χ1v) is 4.91. The molecule has 2 saturated heterocycles. The minimum Gasteiger partial charge on any atom is -0.317 e. The lowest BCUT2D eigenvalue weighted by Gasteiger charge is -2.52. The van der Waals surface area contributed by atoms with Gasteiger partial charge in [0.2, 0.25) is 0 Å². The highest BCUT2D eigenvalue weighted by Crippen LogP contribution is 2.38. The number of likely N-dealkylation sites (tertiary alicyclic amines) is 1. The molecule has 15 heavy (non-hydrogen) atoms. The Balaban J connectivity index is 0.000000980. The molecule has 0 bridgehead atoms. The molecule has 0 amide bonds. The van der Waals surface area contributed by atoms with E-state index < -0.39 is 6.43 Å². The molecule has 0 atom stereocenters. The number of halogens is 4. The molecule has 2 nitrogen and oxygen atoms in total. The molecule has 2 heterocycles. The Morgan fingerprint density at radius 1 is 1.13 bits per heavy atom. The fraction of sp³-hybridized carbons (Fsp3) is 1.00. The van der Waals surface area contributed by atoms with Crippen LogP contribution in [0.1, 0.15) is 12.8 Å². The number of hydrogen-bond donors (Lipinski definition) is 1. The molecule has 2 aliphatic heterocycles. The molecule has 0 aliphatic carbocycles. The molecule has 92 valence electrons. The standard InChI is InChI=1S/C9H16F2N2.2ClH/c10-8(11)5-13-6-9(7-13)1-3-12-4-2-9;;/h8,12H,1-7H2;2*1H. The summed E-state index contributed by atoms with van der Waals surface area (Å²) in [5.41, 5.74) is 0.389. The molecule has 0 saturated carbocycles. The second-order valence-corrected chi connectivity index (χ2v) is 4.31. The highest BCUT2D eigenvalue weighted by atomic mass is 35.5. The van der Waals surface area contributed by atoms with Crippen LogP contribution in [0, 0.1) is 5.41 Å². The van der Waals surface area contributed by atoms with Gasteiger partial charge in [0.15, 0.2) is 0 Å². The first-order chi connectivity index (χ1) is 6.20. The molecule has 2 aliphatic rings. The number of piperidine rings is 1. The van der Waals surface area contributed by atoms with Crippen molar-refractivity contribution in [2.24, 2.45) is 5.41 Å². The van der Waals surface area contributed by atoms with Crippen LogP contribution < -0.4 is 5.32 Å². The van der Waals surface area contributed by atoms with Gasteiger partial charge in [-0.2, -0.15) is 0 Å². The van der Waals surface area contributed by atoms with Gasteiger partial charge in [0.1, 0.15) is 0 Å². The summed E-state index contributed by atoms with van der Waals surface area (Å²) in [5, 5.41) is 3.30. The van der Waals surface area contributed by atoms with Crippen LogP contribution in [0.2, 0.25) is 0 Å². The minimum absolute atomic E-state index is 0. The predicted octanol–water partition coefficient (Wildman–Crippen LogP) is 1.78. The summed E-state index contributed by atoms with van der Waals surface area (Å²) in [7, 11) is 0. The van der Waals surface area contributed by atoms with Crippen molar-refractivity contribution in [3.8, 4) is 0 Å². The molecule has 2 rings (SSSR count). The van der Waals surface area contributed by atoms with Crippen LogP contribution in [0.5, 0.6) is 0 Å². The van der Waals surface area contributed by atoms with E-state index in [-0.39, 0.29) is 31.4 Å². The number of nitrogens with one attached hydrogen (secondary N) is 1. The Hall–Kier alpha value is 0.360. The Morgan fingerprint density at radius 2 is 1.67 bits per heavy atom. The normalized spacial score (nSPS) is 24.2. The van der Waals surface area contributed by atoms with Crippen molar-refractivity contribution < 1.29 is 8.78 Å². The maximum Gasteiger partial charge on any atom is 0.251 e. The molecule has 0 aromatic heterocycles. The molecule has 0 aromatic carbocycles. The van der Waals surface area contributed by atoms with E-state index in [4.69, 9.17) is 0 Å². The molecule has 0 radical (unpaired) electrons. The van der Waals surface area contributed by atoms with E-state index in [1.807, 2.05) is 4.90 Å². The van der Waals surface area contributed by atoms with Crippen LogP contribution in [0.15, 0.2) is 0 Å². The largest absolute Gasteiger partial charge is 0.317 e. The first-order valence-electron chi connectivity index (χ1n) is 4.91. The molecular weight excluding hydrogens is 245 g/mol. The molecular formula is C9H18Cl2F2N2. The third-order valence-corrected chi connectivity index (χ3v) is 3.18. The summed E-state index contributed by atoms with van der Waals surface area (Å²) < 4.78 is 24.0. The molecule has 1 N–H and O–H groups in total. The highest BCUT2D eigenvalue weighted by Gasteiger charge is 2.43. The number of nitrogens with zero attached hydrogens (tertiary/aromatic N) is 1. The van der Waals surface area contributed by atoms with Crippen molar-refractivity contribution in [1.29, 1.82) is 0 Å². The van der Waals surface area contributed by atoms with E-state index in [1.54, 1.807) is 0 Å². The van der Waals surface area contributed by atoms with Crippen LogP contribution >= 0.6 is 24.8 Å². The van der Waals surface area contributed by atoms with Gasteiger partial charge in [0, 0.05) is 13.1 Å². The van der Waals surface area contributed by atoms with Gasteiger partial charge in [-0.25, -0.2) is 8.78 Å². The highest BCUT2D eigenvalue weighted by molar-refractivity contribution is 5.85. The van der Waals surface area contributed by atoms with Crippen LogP contribution in [-0.4, -0.2) is 44.0 Å². The van der Waals surface area contributed by atoms with Crippen molar-refractivity contribution in [2.45, 2.75) is 19.3 Å². The number of hydrogen-bond acceptors (Lipinski definition) is 2. The summed E-state index contributed by atoms with van der Waals surface area (Å²) in [6.45, 7) is 3.86. The van der Waals surface area contributed by atoms with Crippen molar-refractivity contribution in [3.05, 3.63) is 0 Å². The summed E-state index contributed by atoms with van der Waals surface area (Å²) in [4.78, 5) is 1.87. The van der Waals surface area contributed by atoms with Gasteiger partial charge in [-0.1, -0.05) is 0 Å². The zero-order chi connectivity index (χ0) is 9.31. The van der Waals surface area contributed by atoms with Crippen molar-refractivity contribution >= 4 is 24.8 Å². The third kappa shape index (κ3) is 3.70. The molecule has 2 fully saturated rings. The van der Waals surface area contributed by atoms with Gasteiger partial charge < -0.3 is 5.32 Å². The fourth-order valence-corrected chi connectivity index (χ4v) is 2.50. The Labute approximate surface area is 102 Å². The number of rotatable bonds is 2. The van der Waals surface area contributed by atoms with Crippen LogP contribution in [0.25, 0.3) is 0 Å². The van der Waals surface area contributed by atoms with Gasteiger partial charge in [-0.05, 0) is 31.3 Å². The van der Waals surface area contributed by atoms with Crippen molar-refractivity contribution in [3.63, 3.8) is 0 Å². The second-order valence-electron chi connectivity index (χ2n) is 4.31. The quantitative estimate of drug-likeness (QED) is 0.817. The van der Waals surface area contributed by atoms with Gasteiger partial charge in [0.25, 0.3) is 6.43 Å². The van der Waals surface area contributed by atoms with Gasteiger partial charge in [-0.3, -0.25) is 4.90 Å². The SMILES string of the molecule is Cl.Cl.FC(F)CN1CC2(CCNCC2)C1. The lowest BCUT2D eigenvalue weighted by Crippen LogP contribution is -2.60. The van der Waals surface area contributed by atoms with Crippen molar-refractivity contribution in [2.75, 3.05) is 32.7 Å². The lowest BCUT2D eigenvalue weighted by atomic mass is 9.72. The van der Waals surface area contributed by atoms with Gasteiger partial charge in [-0.15, -0.1) is 24.8 Å². The summed E-state index contributed by atoms with van der Waals surface area (Å²) in [5.74, 6) is 0. The van der Waals surface area contributed by atoms with Gasteiger partial charge >= 0.3 is 0 Å². The molecule has 0 aromatic rings. The summed E-state index contributed by atoms with van der Waals surface area (Å²) >= 11 is 0. The van der Waals surface area contributed by atoms with Crippen molar-refractivity contribution in [1.82, 2.24) is 10.2 Å². The van der Waals surface area contributed by atoms with E-state index in [0.717, 1.165) is 39.0 Å². The summed E-state index contributed by atoms with van der Waals surface area (Å²) in [6.07, 6.45) is 0.151. The van der Waals surface area contributed by atoms with E-state index in [2.05, 4.69) is 5.32 Å². The van der Waals surface area contributed by atoms with E-state index in [1.165, 1.54) is 0 Å². The molecule has 0 unspecified atom stereocenters. The predicted molar refractivity (Wildman–Crippen MR) is 61.5 cm³/mol. The average Bonchev–Trinajstić information content (AvgIpc) is 2.02. The topological polar surface area (TPSA) is 15.3 Å². The van der Waals surface area contributed by atoms with Gasteiger partial charge in [0.05, 0.1) is 6.54 Å². The smallest absolute Gasteiger partial charge is 0.251 e. The zero-order valence-electron chi connectivity index (χ0n) is 8.55. The van der Waals surface area contributed by atoms with Crippen LogP contribution in [-0.2, 0) is 0 Å². The fourth-order valence-electron chi connectivity index (χ4n) is 2.50. The zero-order valence-corrected chi connectivity index (χ0v) is 10.2. The van der Waals surface area contributed by atoms with Crippen LogP contribution in [0.3, 0.4) is 0 Å². The Kier molecular flexibility index (Phi) is 6.33. The van der Waals surface area contributed by atoms with E-state index in [0.29, 0.717) is 5.41 Å². The number of alkyl halides is 2. The average molecular weight is 263 g/mol. The molecule has 1 spiro atoms. The second kappa shape index (κ2) is 6.18. The third-order valence-electron chi connectivity index (χ3n) is 3.18. The minimum atomic E-state index is -2.17. The lowest BCUT2D eigenvalue weighted by molar-refractivity contribution is -0.0517. The first kappa shape index (κ1) is 15.4.